The van der Waals surface area contributed by atoms with Gasteiger partial charge in [0.05, 0.1) is 4.90 Å². The molecule has 1 fully saturated rings. The van der Waals surface area contributed by atoms with Gasteiger partial charge >= 0.3 is 0 Å². The van der Waals surface area contributed by atoms with E-state index in [0.29, 0.717) is 24.0 Å². The predicted octanol–water partition coefficient (Wildman–Crippen LogP) is 1.20. The van der Waals surface area contributed by atoms with Crippen molar-refractivity contribution in [1.29, 1.82) is 0 Å². The molecule has 7 nitrogen and oxygen atoms in total. The Morgan fingerprint density at radius 2 is 1.88 bits per heavy atom. The van der Waals surface area contributed by atoms with Gasteiger partial charge in [-0.25, -0.2) is 8.42 Å². The van der Waals surface area contributed by atoms with Crippen molar-refractivity contribution in [2.45, 2.75) is 31.2 Å². The Bertz CT molecular complexity index is 746. The van der Waals surface area contributed by atoms with E-state index in [1.54, 1.807) is 43.0 Å². The summed E-state index contributed by atoms with van der Waals surface area (Å²) < 4.78 is 27.4. The Morgan fingerprint density at radius 3 is 2.44 bits per heavy atom. The summed E-state index contributed by atoms with van der Waals surface area (Å²) in [5, 5.41) is 2.63. The van der Waals surface area contributed by atoms with E-state index in [-0.39, 0.29) is 29.8 Å². The Morgan fingerprint density at radius 1 is 1.24 bits per heavy atom. The van der Waals surface area contributed by atoms with Crippen molar-refractivity contribution in [2.24, 2.45) is 0 Å². The molecular weight excluding hydrogens is 410 g/mol. The maximum Gasteiger partial charge on any atom is 0.244 e. The van der Waals surface area contributed by atoms with Gasteiger partial charge < -0.3 is 10.2 Å². The molecule has 1 heterocycles. The topological polar surface area (TPSA) is 86.8 Å². The lowest BCUT2D eigenvalue weighted by atomic mass is 10.2. The second kappa shape index (κ2) is 8.29. The number of rotatable bonds is 5. The van der Waals surface area contributed by atoms with Crippen molar-refractivity contribution in [1.82, 2.24) is 14.5 Å². The number of sulfonamides is 1. The minimum Gasteiger partial charge on any atom is -0.345 e. The second-order valence-corrected chi connectivity index (χ2v) is 8.68. The SMILES string of the molecule is CCC(=O)N[C@H](C)C(=O)N1CCN(S(=O)(=O)c2cccc(Br)c2)CC1. The Labute approximate surface area is 156 Å². The van der Waals surface area contributed by atoms with E-state index in [9.17, 15) is 18.0 Å². The molecular formula is C16H22BrN3O4S. The molecule has 0 spiro atoms. The van der Waals surface area contributed by atoms with E-state index in [2.05, 4.69) is 21.2 Å². The summed E-state index contributed by atoms with van der Waals surface area (Å²) in [5.74, 6) is -0.377. The summed E-state index contributed by atoms with van der Waals surface area (Å²) in [4.78, 5) is 25.6. The number of hydrogen-bond acceptors (Lipinski definition) is 4. The van der Waals surface area contributed by atoms with E-state index in [1.165, 1.54) is 4.31 Å². The average molecular weight is 432 g/mol. The molecule has 1 atom stereocenters. The predicted molar refractivity (Wildman–Crippen MR) is 97.4 cm³/mol. The molecule has 1 aliphatic heterocycles. The maximum atomic E-state index is 12.7. The van der Waals surface area contributed by atoms with Crippen LogP contribution in [-0.4, -0.2) is 61.7 Å². The molecule has 0 radical (unpaired) electrons. The standard InChI is InChI=1S/C16H22BrN3O4S/c1-3-15(21)18-12(2)16(22)19-7-9-20(10-8-19)25(23,24)14-6-4-5-13(17)11-14/h4-6,11-12H,3,7-10H2,1-2H3,(H,18,21)/t12-/m1/s1. The zero-order valence-corrected chi connectivity index (χ0v) is 16.6. The summed E-state index contributed by atoms with van der Waals surface area (Å²) in [7, 11) is -3.58. The molecule has 0 unspecified atom stereocenters. The van der Waals surface area contributed by atoms with E-state index in [0.717, 1.165) is 0 Å². The van der Waals surface area contributed by atoms with Gasteiger partial charge in [-0.2, -0.15) is 4.31 Å². The van der Waals surface area contributed by atoms with Gasteiger partial charge in [0.25, 0.3) is 0 Å². The smallest absolute Gasteiger partial charge is 0.244 e. The average Bonchev–Trinajstić information content (AvgIpc) is 2.61. The maximum absolute atomic E-state index is 12.7. The molecule has 25 heavy (non-hydrogen) atoms. The van der Waals surface area contributed by atoms with Crippen LogP contribution in [0.1, 0.15) is 20.3 Å². The fraction of sp³-hybridized carbons (Fsp3) is 0.500. The van der Waals surface area contributed by atoms with Gasteiger partial charge in [0.2, 0.25) is 21.8 Å². The highest BCUT2D eigenvalue weighted by atomic mass is 79.9. The van der Waals surface area contributed by atoms with Crippen LogP contribution in [0, 0.1) is 0 Å². The minimum absolute atomic E-state index is 0.184. The monoisotopic (exact) mass is 431 g/mol. The highest BCUT2D eigenvalue weighted by molar-refractivity contribution is 9.10. The molecule has 0 bridgehead atoms. The lowest BCUT2D eigenvalue weighted by molar-refractivity contribution is -0.136. The minimum atomic E-state index is -3.58. The largest absolute Gasteiger partial charge is 0.345 e. The molecule has 0 aromatic heterocycles. The zero-order chi connectivity index (χ0) is 18.6. The first-order valence-corrected chi connectivity index (χ1v) is 10.3. The number of halogens is 1. The lowest BCUT2D eigenvalue weighted by Crippen LogP contribution is -2.55. The van der Waals surface area contributed by atoms with Crippen LogP contribution in [0.4, 0.5) is 0 Å². The molecule has 2 rings (SSSR count). The first-order chi connectivity index (χ1) is 11.8. The second-order valence-electron chi connectivity index (χ2n) is 5.83. The number of carbonyl (C=O) groups is 2. The number of nitrogens with zero attached hydrogens (tertiary/aromatic N) is 2. The zero-order valence-electron chi connectivity index (χ0n) is 14.2. The van der Waals surface area contributed by atoms with Gasteiger partial charge in [-0.3, -0.25) is 9.59 Å². The molecule has 1 N–H and O–H groups in total. The summed E-state index contributed by atoms with van der Waals surface area (Å²) in [6.07, 6.45) is 0.316. The third-order valence-electron chi connectivity index (χ3n) is 4.05. The highest BCUT2D eigenvalue weighted by Crippen LogP contribution is 2.21. The number of hydrogen-bond donors (Lipinski definition) is 1. The summed E-state index contributed by atoms with van der Waals surface area (Å²) in [6, 6.07) is 5.95. The first kappa shape index (κ1) is 19.9. The fourth-order valence-corrected chi connectivity index (χ4v) is 4.62. The molecule has 0 aliphatic carbocycles. The van der Waals surface area contributed by atoms with Crippen LogP contribution in [-0.2, 0) is 19.6 Å². The normalized spacial score (nSPS) is 17.2. The van der Waals surface area contributed by atoms with E-state index in [4.69, 9.17) is 0 Å². The van der Waals surface area contributed by atoms with Crippen LogP contribution in [0.25, 0.3) is 0 Å². The molecule has 2 amide bonds. The van der Waals surface area contributed by atoms with Gasteiger partial charge in [0.15, 0.2) is 0 Å². The number of nitrogens with one attached hydrogen (secondary N) is 1. The summed E-state index contributed by atoms with van der Waals surface area (Å²) in [6.45, 7) is 4.43. The molecule has 0 saturated carbocycles. The first-order valence-electron chi connectivity index (χ1n) is 8.09. The number of carbonyl (C=O) groups excluding carboxylic acids is 2. The van der Waals surface area contributed by atoms with Crippen LogP contribution < -0.4 is 5.32 Å². The van der Waals surface area contributed by atoms with Crippen LogP contribution in [0.5, 0.6) is 0 Å². The Balaban J connectivity index is 1.99. The third kappa shape index (κ3) is 4.80. The molecule has 1 aliphatic rings. The Kier molecular flexibility index (Phi) is 6.59. The van der Waals surface area contributed by atoms with Gasteiger partial charge in [-0.1, -0.05) is 28.9 Å². The summed E-state index contributed by atoms with van der Waals surface area (Å²) >= 11 is 3.28. The fourth-order valence-electron chi connectivity index (χ4n) is 2.60. The van der Waals surface area contributed by atoms with Gasteiger partial charge in [-0.15, -0.1) is 0 Å². The third-order valence-corrected chi connectivity index (χ3v) is 6.44. The molecule has 1 aromatic rings. The number of piperazine rings is 1. The van der Waals surface area contributed by atoms with Crippen LogP contribution >= 0.6 is 15.9 Å². The Hall–Kier alpha value is -1.45. The number of amides is 2. The highest BCUT2D eigenvalue weighted by Gasteiger charge is 2.31. The van der Waals surface area contributed by atoms with Crippen LogP contribution in [0.15, 0.2) is 33.6 Å². The number of benzene rings is 1. The van der Waals surface area contributed by atoms with Crippen LogP contribution in [0.3, 0.4) is 0 Å². The van der Waals surface area contributed by atoms with Crippen LogP contribution in [0.2, 0.25) is 0 Å². The molecule has 138 valence electrons. The van der Waals surface area contributed by atoms with E-state index < -0.39 is 16.1 Å². The van der Waals surface area contributed by atoms with E-state index in [1.807, 2.05) is 0 Å². The van der Waals surface area contributed by atoms with Crippen molar-refractivity contribution >= 4 is 37.8 Å². The van der Waals surface area contributed by atoms with Gasteiger partial charge in [0.1, 0.15) is 6.04 Å². The molecule has 9 heteroatoms. The van der Waals surface area contributed by atoms with E-state index >= 15 is 0 Å². The van der Waals surface area contributed by atoms with Crippen molar-refractivity contribution < 1.29 is 18.0 Å². The molecule has 1 aromatic carbocycles. The van der Waals surface area contributed by atoms with Crippen molar-refractivity contribution in [3.8, 4) is 0 Å². The lowest BCUT2D eigenvalue weighted by Gasteiger charge is -2.35. The van der Waals surface area contributed by atoms with Gasteiger partial charge in [0, 0.05) is 37.1 Å². The van der Waals surface area contributed by atoms with Gasteiger partial charge in [-0.05, 0) is 25.1 Å². The van der Waals surface area contributed by atoms with Crippen molar-refractivity contribution in [3.05, 3.63) is 28.7 Å². The van der Waals surface area contributed by atoms with Crippen molar-refractivity contribution in [3.63, 3.8) is 0 Å². The van der Waals surface area contributed by atoms with Crippen molar-refractivity contribution in [2.75, 3.05) is 26.2 Å². The quantitative estimate of drug-likeness (QED) is 0.758. The summed E-state index contributed by atoms with van der Waals surface area (Å²) in [5.41, 5.74) is 0. The molecule has 1 saturated heterocycles.